The number of ether oxygens (including phenoxy) is 4. The third-order valence-electron chi connectivity index (χ3n) is 5.80. The number of aromatic amines is 1. The quantitative estimate of drug-likeness (QED) is 0.404. The summed E-state index contributed by atoms with van der Waals surface area (Å²) in [7, 11) is 1.58. The van der Waals surface area contributed by atoms with Crippen LogP contribution in [0, 0.1) is 13.8 Å². The van der Waals surface area contributed by atoms with Crippen molar-refractivity contribution in [2.24, 2.45) is 0 Å². The largest absolute Gasteiger partial charge is 0.496 e. The van der Waals surface area contributed by atoms with Crippen LogP contribution in [-0.2, 0) is 9.47 Å². The molecule has 2 heterocycles. The molecule has 1 aliphatic rings. The molecule has 0 unspecified atom stereocenters. The number of nitrogens with zero attached hydrogens (tertiary/aromatic N) is 3. The topological polar surface area (TPSA) is 125 Å². The SMILES string of the molecule is COc1ccc(Oc2c(C)cc(-n3nc(C(=O)OCCN4CCOCC4)c(=O)[nH]c3=O)cc2C)cc1Br. The molecule has 1 fully saturated rings. The van der Waals surface area contributed by atoms with Crippen LogP contribution in [0.4, 0.5) is 0 Å². The van der Waals surface area contributed by atoms with E-state index in [1.165, 1.54) is 0 Å². The van der Waals surface area contributed by atoms with Gasteiger partial charge in [0.25, 0.3) is 5.56 Å². The van der Waals surface area contributed by atoms with E-state index in [-0.39, 0.29) is 6.61 Å². The Morgan fingerprint density at radius 3 is 2.49 bits per heavy atom. The molecule has 1 N–H and O–H groups in total. The maximum atomic E-state index is 12.6. The average Bonchev–Trinajstić information content (AvgIpc) is 2.87. The van der Waals surface area contributed by atoms with Crippen molar-refractivity contribution in [3.8, 4) is 22.9 Å². The standard InChI is InChI=1S/C25H27BrN4O7/c1-15-12-17(13-16(2)22(15)37-18-4-5-20(34-3)19(26)14-18)30-25(33)27-23(31)21(28-30)24(32)36-11-8-29-6-9-35-10-7-29/h4-5,12-14H,6-11H2,1-3H3,(H,27,31,33). The van der Waals surface area contributed by atoms with Gasteiger partial charge in [-0.05, 0) is 71.2 Å². The van der Waals surface area contributed by atoms with Gasteiger partial charge >= 0.3 is 11.7 Å². The molecule has 0 saturated carbocycles. The molecule has 0 radical (unpaired) electrons. The second kappa shape index (κ2) is 11.7. The van der Waals surface area contributed by atoms with Gasteiger partial charge in [-0.15, -0.1) is 0 Å². The number of aryl methyl sites for hydroxylation is 2. The monoisotopic (exact) mass is 574 g/mol. The van der Waals surface area contributed by atoms with Gasteiger partial charge in [-0.25, -0.2) is 9.59 Å². The number of morpholine rings is 1. The van der Waals surface area contributed by atoms with Crippen molar-refractivity contribution in [3.63, 3.8) is 0 Å². The summed E-state index contributed by atoms with van der Waals surface area (Å²) in [5.41, 5.74) is -0.382. The number of hydrogen-bond donors (Lipinski definition) is 1. The van der Waals surface area contributed by atoms with Crippen molar-refractivity contribution >= 4 is 21.9 Å². The molecule has 0 atom stereocenters. The highest BCUT2D eigenvalue weighted by molar-refractivity contribution is 9.10. The first-order valence-electron chi connectivity index (χ1n) is 11.6. The fourth-order valence-corrected chi connectivity index (χ4v) is 4.43. The van der Waals surface area contributed by atoms with Crippen molar-refractivity contribution in [2.75, 3.05) is 46.6 Å². The lowest BCUT2D eigenvalue weighted by molar-refractivity contribution is 0.0191. The Morgan fingerprint density at radius 1 is 1.14 bits per heavy atom. The van der Waals surface area contributed by atoms with Crippen LogP contribution in [0.1, 0.15) is 21.6 Å². The van der Waals surface area contributed by atoms with Crippen molar-refractivity contribution in [1.82, 2.24) is 19.7 Å². The smallest absolute Gasteiger partial charge is 0.364 e. The highest BCUT2D eigenvalue weighted by atomic mass is 79.9. The summed E-state index contributed by atoms with van der Waals surface area (Å²) in [6.45, 7) is 6.98. The van der Waals surface area contributed by atoms with E-state index >= 15 is 0 Å². The van der Waals surface area contributed by atoms with Crippen LogP contribution in [0.5, 0.6) is 17.2 Å². The van der Waals surface area contributed by atoms with Gasteiger partial charge in [0.2, 0.25) is 5.69 Å². The lowest BCUT2D eigenvalue weighted by Gasteiger charge is -2.26. The Balaban J connectivity index is 1.55. The molecule has 0 spiro atoms. The maximum Gasteiger partial charge on any atom is 0.364 e. The number of esters is 1. The third-order valence-corrected chi connectivity index (χ3v) is 6.42. The predicted molar refractivity (Wildman–Crippen MR) is 138 cm³/mol. The molecule has 0 bridgehead atoms. The highest BCUT2D eigenvalue weighted by Crippen LogP contribution is 2.34. The summed E-state index contributed by atoms with van der Waals surface area (Å²) in [5, 5.41) is 4.03. The Hall–Kier alpha value is -3.48. The number of aromatic nitrogens is 3. The summed E-state index contributed by atoms with van der Waals surface area (Å²) in [5.74, 6) is 0.964. The van der Waals surface area contributed by atoms with E-state index in [9.17, 15) is 14.4 Å². The summed E-state index contributed by atoms with van der Waals surface area (Å²) in [4.78, 5) is 41.7. The van der Waals surface area contributed by atoms with Crippen LogP contribution in [0.15, 0.2) is 44.4 Å². The minimum atomic E-state index is -0.906. The predicted octanol–water partition coefficient (Wildman–Crippen LogP) is 2.59. The van der Waals surface area contributed by atoms with Gasteiger partial charge in [0.1, 0.15) is 23.9 Å². The molecular weight excluding hydrogens is 548 g/mol. The number of nitrogens with one attached hydrogen (secondary N) is 1. The van der Waals surface area contributed by atoms with Gasteiger partial charge in [0, 0.05) is 19.6 Å². The molecule has 0 aliphatic carbocycles. The van der Waals surface area contributed by atoms with Gasteiger partial charge in [-0.1, -0.05) is 0 Å². The molecule has 1 saturated heterocycles. The maximum absolute atomic E-state index is 12.6. The Kier molecular flexibility index (Phi) is 8.41. The molecule has 3 aromatic rings. The van der Waals surface area contributed by atoms with E-state index in [0.717, 1.165) is 33.4 Å². The van der Waals surface area contributed by atoms with Crippen LogP contribution in [0.3, 0.4) is 0 Å². The number of halogens is 1. The molecule has 11 nitrogen and oxygen atoms in total. The van der Waals surface area contributed by atoms with E-state index in [4.69, 9.17) is 18.9 Å². The number of H-pyrrole nitrogens is 1. The lowest BCUT2D eigenvalue weighted by atomic mass is 10.1. The Morgan fingerprint density at radius 2 is 1.84 bits per heavy atom. The summed E-state index contributed by atoms with van der Waals surface area (Å²) in [6.07, 6.45) is 0. The lowest BCUT2D eigenvalue weighted by Crippen LogP contribution is -2.39. The molecule has 1 aliphatic heterocycles. The summed E-state index contributed by atoms with van der Waals surface area (Å²) >= 11 is 3.44. The third kappa shape index (κ3) is 6.27. The minimum absolute atomic E-state index is 0.0881. The summed E-state index contributed by atoms with van der Waals surface area (Å²) in [6, 6.07) is 8.71. The van der Waals surface area contributed by atoms with Gasteiger partial charge in [-0.2, -0.15) is 9.78 Å². The number of carbonyl (C=O) groups is 1. The zero-order chi connectivity index (χ0) is 26.5. The van der Waals surface area contributed by atoms with E-state index in [1.807, 2.05) is 13.8 Å². The number of hydrogen-bond acceptors (Lipinski definition) is 9. The number of methoxy groups -OCH3 is 1. The fourth-order valence-electron chi connectivity index (χ4n) is 3.91. The van der Waals surface area contributed by atoms with E-state index in [2.05, 4.69) is 30.9 Å². The highest BCUT2D eigenvalue weighted by Gasteiger charge is 2.20. The van der Waals surface area contributed by atoms with E-state index in [1.54, 1.807) is 37.4 Å². The van der Waals surface area contributed by atoms with Crippen LogP contribution in [-0.4, -0.2) is 72.2 Å². The van der Waals surface area contributed by atoms with Crippen molar-refractivity contribution < 1.29 is 23.7 Å². The molecular formula is C25H27BrN4O7. The van der Waals surface area contributed by atoms with Crippen LogP contribution in [0.2, 0.25) is 0 Å². The zero-order valence-corrected chi connectivity index (χ0v) is 22.3. The van der Waals surface area contributed by atoms with Gasteiger partial charge in [-0.3, -0.25) is 14.7 Å². The second-order valence-electron chi connectivity index (χ2n) is 8.42. The van der Waals surface area contributed by atoms with Crippen molar-refractivity contribution in [3.05, 3.63) is 72.5 Å². The molecule has 0 amide bonds. The fraction of sp³-hybridized carbons (Fsp3) is 0.360. The Bertz CT molecular complexity index is 1390. The molecule has 4 rings (SSSR count). The van der Waals surface area contributed by atoms with Crippen LogP contribution >= 0.6 is 15.9 Å². The van der Waals surface area contributed by atoms with Gasteiger partial charge in [0.05, 0.1) is 30.5 Å². The van der Waals surface area contributed by atoms with E-state index < -0.39 is 22.9 Å². The second-order valence-corrected chi connectivity index (χ2v) is 9.27. The summed E-state index contributed by atoms with van der Waals surface area (Å²) < 4.78 is 23.6. The normalized spacial score (nSPS) is 13.8. The van der Waals surface area contributed by atoms with Gasteiger partial charge in [0.15, 0.2) is 0 Å². The molecule has 1 aromatic heterocycles. The molecule has 37 heavy (non-hydrogen) atoms. The van der Waals surface area contributed by atoms with Crippen molar-refractivity contribution in [1.29, 1.82) is 0 Å². The molecule has 2 aromatic carbocycles. The van der Waals surface area contributed by atoms with Crippen LogP contribution < -0.4 is 20.7 Å². The first-order valence-corrected chi connectivity index (χ1v) is 12.4. The number of rotatable bonds is 8. The number of carbonyl (C=O) groups excluding carboxylic acids is 1. The Labute approximate surface area is 221 Å². The molecule has 12 heteroatoms. The van der Waals surface area contributed by atoms with Gasteiger partial charge < -0.3 is 18.9 Å². The van der Waals surface area contributed by atoms with E-state index in [0.29, 0.717) is 42.7 Å². The van der Waals surface area contributed by atoms with Crippen molar-refractivity contribution in [2.45, 2.75) is 13.8 Å². The molecule has 196 valence electrons. The first kappa shape index (κ1) is 26.6. The first-order chi connectivity index (χ1) is 17.8. The zero-order valence-electron chi connectivity index (χ0n) is 20.7. The van der Waals surface area contributed by atoms with Crippen LogP contribution in [0.25, 0.3) is 5.69 Å². The average molecular weight is 575 g/mol. The number of benzene rings is 2. The minimum Gasteiger partial charge on any atom is -0.496 e.